The summed E-state index contributed by atoms with van der Waals surface area (Å²) in [5.74, 6) is 1.65. The van der Waals surface area contributed by atoms with Crippen LogP contribution in [0.5, 0.6) is 5.75 Å². The molecular weight excluding hydrogens is 224 g/mol. The molecule has 0 aliphatic carbocycles. The average Bonchev–Trinajstić information content (AvgIpc) is 2.35. The lowest BCUT2D eigenvalue weighted by atomic mass is 10.00. The second kappa shape index (κ2) is 5.35. The van der Waals surface area contributed by atoms with E-state index in [0.717, 1.165) is 42.7 Å². The monoisotopic (exact) mass is 238 g/mol. The predicted molar refractivity (Wildman–Crippen MR) is 64.5 cm³/mol. The lowest BCUT2D eigenvalue weighted by Gasteiger charge is -2.17. The average molecular weight is 239 g/mol. The number of hydrogen-bond donors (Lipinski definition) is 0. The number of fused-ring (bicyclic) bond motifs is 1. The third-order valence-electron chi connectivity index (χ3n) is 2.77. The zero-order valence-corrected chi connectivity index (χ0v) is 9.93. The number of carbonyl (C=O) groups is 1. The molecule has 2 rings (SSSR count). The van der Waals surface area contributed by atoms with Gasteiger partial charge in [0.15, 0.2) is 5.78 Å². The second-order valence-electron chi connectivity index (χ2n) is 3.99. The van der Waals surface area contributed by atoms with E-state index < -0.39 is 0 Å². The quantitative estimate of drug-likeness (QED) is 0.595. The lowest BCUT2D eigenvalue weighted by Crippen LogP contribution is -2.09. The minimum absolute atomic E-state index is 0.175. The molecule has 0 aromatic heterocycles. The summed E-state index contributed by atoms with van der Waals surface area (Å²) in [4.78, 5) is 11.8. The Morgan fingerprint density at radius 3 is 3.12 bits per heavy atom. The van der Waals surface area contributed by atoms with Gasteiger partial charge in [0.25, 0.3) is 0 Å². The number of aryl methyl sites for hydroxylation is 1. The van der Waals surface area contributed by atoms with E-state index in [9.17, 15) is 4.79 Å². The Labute approximate surface area is 101 Å². The number of Topliss-reactive ketones (excluding diaryl/α,β-unsaturated/α-hetero) is 1. The van der Waals surface area contributed by atoms with E-state index in [1.807, 2.05) is 18.2 Å². The maximum absolute atomic E-state index is 11.8. The highest BCUT2D eigenvalue weighted by Crippen LogP contribution is 2.26. The molecule has 1 aromatic carbocycles. The number of hydrogen-bond acceptors (Lipinski definition) is 2. The molecule has 0 saturated carbocycles. The lowest BCUT2D eigenvalue weighted by molar-refractivity contribution is 0.0981. The van der Waals surface area contributed by atoms with Crippen molar-refractivity contribution in [3.63, 3.8) is 0 Å². The molecule has 1 aliphatic heterocycles. The van der Waals surface area contributed by atoms with Crippen molar-refractivity contribution in [2.45, 2.75) is 25.7 Å². The van der Waals surface area contributed by atoms with Gasteiger partial charge in [-0.15, -0.1) is 11.6 Å². The molecule has 0 fully saturated rings. The van der Waals surface area contributed by atoms with E-state index in [-0.39, 0.29) is 5.78 Å². The smallest absolute Gasteiger partial charge is 0.162 e. The minimum Gasteiger partial charge on any atom is -0.493 e. The van der Waals surface area contributed by atoms with Gasteiger partial charge in [-0.2, -0.15) is 0 Å². The number of rotatable bonds is 4. The van der Waals surface area contributed by atoms with Crippen molar-refractivity contribution in [1.82, 2.24) is 0 Å². The van der Waals surface area contributed by atoms with Gasteiger partial charge in [-0.05, 0) is 43.0 Å². The first kappa shape index (κ1) is 11.5. The number of ketones is 1. The Balaban J connectivity index is 2.13. The van der Waals surface area contributed by atoms with E-state index in [1.165, 1.54) is 0 Å². The first-order chi connectivity index (χ1) is 7.81. The van der Waals surface area contributed by atoms with Gasteiger partial charge in [0, 0.05) is 17.9 Å². The number of ether oxygens (including phenoxy) is 1. The topological polar surface area (TPSA) is 26.3 Å². The molecule has 0 unspecified atom stereocenters. The highest BCUT2D eigenvalue weighted by Gasteiger charge is 2.13. The standard InChI is InChI=1S/C13H15ClO2/c14-7-1-4-12(15)10-5-6-13-11(9-10)3-2-8-16-13/h5-6,9H,1-4,7-8H2. The van der Waals surface area contributed by atoms with Gasteiger partial charge in [-0.3, -0.25) is 4.79 Å². The number of carbonyl (C=O) groups excluding carboxylic acids is 1. The minimum atomic E-state index is 0.175. The van der Waals surface area contributed by atoms with Crippen LogP contribution in [0, 0.1) is 0 Å². The van der Waals surface area contributed by atoms with Crippen molar-refractivity contribution in [3.05, 3.63) is 29.3 Å². The van der Waals surface area contributed by atoms with E-state index in [4.69, 9.17) is 16.3 Å². The van der Waals surface area contributed by atoms with Crippen LogP contribution in [0.1, 0.15) is 35.2 Å². The van der Waals surface area contributed by atoms with Crippen molar-refractivity contribution in [2.75, 3.05) is 12.5 Å². The zero-order chi connectivity index (χ0) is 11.4. The summed E-state index contributed by atoms with van der Waals surface area (Å²) >= 11 is 5.58. The summed E-state index contributed by atoms with van der Waals surface area (Å²) in [6.07, 6.45) is 3.31. The SMILES string of the molecule is O=C(CCCCl)c1ccc2c(c1)CCCO2. The molecule has 1 aromatic rings. The van der Waals surface area contributed by atoms with Crippen LogP contribution in [-0.2, 0) is 6.42 Å². The molecule has 86 valence electrons. The van der Waals surface area contributed by atoms with Crippen LogP contribution in [0.2, 0.25) is 0 Å². The van der Waals surface area contributed by atoms with Crippen LogP contribution in [0.15, 0.2) is 18.2 Å². The van der Waals surface area contributed by atoms with E-state index in [1.54, 1.807) is 0 Å². The Morgan fingerprint density at radius 2 is 2.31 bits per heavy atom. The highest BCUT2D eigenvalue weighted by molar-refractivity contribution is 6.18. The summed E-state index contributed by atoms with van der Waals surface area (Å²) in [5.41, 5.74) is 1.94. The first-order valence-corrected chi connectivity index (χ1v) is 6.19. The fourth-order valence-corrected chi connectivity index (χ4v) is 2.04. The number of benzene rings is 1. The molecule has 3 heteroatoms. The Morgan fingerprint density at radius 1 is 1.44 bits per heavy atom. The van der Waals surface area contributed by atoms with Crippen molar-refractivity contribution in [3.8, 4) is 5.75 Å². The van der Waals surface area contributed by atoms with Gasteiger partial charge in [0.2, 0.25) is 0 Å². The van der Waals surface area contributed by atoms with Gasteiger partial charge in [-0.25, -0.2) is 0 Å². The Bertz CT molecular complexity index is 388. The summed E-state index contributed by atoms with van der Waals surface area (Å²) in [5, 5.41) is 0. The predicted octanol–water partition coefficient (Wildman–Crippen LogP) is 3.21. The molecule has 1 heterocycles. The summed E-state index contributed by atoms with van der Waals surface area (Å²) in [6.45, 7) is 0.784. The largest absolute Gasteiger partial charge is 0.493 e. The molecular formula is C13H15ClO2. The van der Waals surface area contributed by atoms with Crippen LogP contribution in [-0.4, -0.2) is 18.3 Å². The van der Waals surface area contributed by atoms with Crippen LogP contribution in [0.4, 0.5) is 0 Å². The molecule has 16 heavy (non-hydrogen) atoms. The molecule has 0 N–H and O–H groups in total. The van der Waals surface area contributed by atoms with Crippen molar-refractivity contribution >= 4 is 17.4 Å². The molecule has 0 bridgehead atoms. The molecule has 0 atom stereocenters. The van der Waals surface area contributed by atoms with Crippen molar-refractivity contribution in [2.24, 2.45) is 0 Å². The first-order valence-electron chi connectivity index (χ1n) is 5.66. The normalized spacial score (nSPS) is 14.1. The van der Waals surface area contributed by atoms with Crippen LogP contribution < -0.4 is 4.74 Å². The Kier molecular flexibility index (Phi) is 3.83. The molecule has 1 aliphatic rings. The van der Waals surface area contributed by atoms with Crippen molar-refractivity contribution in [1.29, 1.82) is 0 Å². The number of alkyl halides is 1. The molecule has 0 radical (unpaired) electrons. The Hall–Kier alpha value is -1.02. The molecule has 0 spiro atoms. The maximum atomic E-state index is 11.8. The summed E-state index contributed by atoms with van der Waals surface area (Å²) < 4.78 is 5.51. The fourth-order valence-electron chi connectivity index (χ4n) is 1.91. The van der Waals surface area contributed by atoms with Crippen LogP contribution in [0.3, 0.4) is 0 Å². The fraction of sp³-hybridized carbons (Fsp3) is 0.462. The third kappa shape index (κ3) is 2.56. The molecule has 2 nitrogen and oxygen atoms in total. The van der Waals surface area contributed by atoms with Gasteiger partial charge < -0.3 is 4.74 Å². The second-order valence-corrected chi connectivity index (χ2v) is 4.37. The van der Waals surface area contributed by atoms with Gasteiger partial charge in [0.1, 0.15) is 5.75 Å². The van der Waals surface area contributed by atoms with E-state index in [0.29, 0.717) is 12.3 Å². The third-order valence-corrected chi connectivity index (χ3v) is 3.04. The zero-order valence-electron chi connectivity index (χ0n) is 9.17. The van der Waals surface area contributed by atoms with Crippen LogP contribution >= 0.6 is 11.6 Å². The summed E-state index contributed by atoms with van der Waals surface area (Å²) in [7, 11) is 0. The highest BCUT2D eigenvalue weighted by atomic mass is 35.5. The van der Waals surface area contributed by atoms with Gasteiger partial charge >= 0.3 is 0 Å². The van der Waals surface area contributed by atoms with Gasteiger partial charge in [-0.1, -0.05) is 0 Å². The van der Waals surface area contributed by atoms with Gasteiger partial charge in [0.05, 0.1) is 6.61 Å². The number of halogens is 1. The van der Waals surface area contributed by atoms with Crippen molar-refractivity contribution < 1.29 is 9.53 Å². The molecule has 0 amide bonds. The maximum Gasteiger partial charge on any atom is 0.162 e. The van der Waals surface area contributed by atoms with Crippen LogP contribution in [0.25, 0.3) is 0 Å². The summed E-state index contributed by atoms with van der Waals surface area (Å²) in [6, 6.07) is 5.72. The van der Waals surface area contributed by atoms with E-state index >= 15 is 0 Å². The molecule has 0 saturated heterocycles. The van der Waals surface area contributed by atoms with E-state index in [2.05, 4.69) is 0 Å².